The maximum atomic E-state index is 12.7. The summed E-state index contributed by atoms with van der Waals surface area (Å²) in [5.74, 6) is 0.0359. The summed E-state index contributed by atoms with van der Waals surface area (Å²) in [5, 5.41) is 7.55. The predicted molar refractivity (Wildman–Crippen MR) is 109 cm³/mol. The monoisotopic (exact) mass is 457 g/mol. The second-order valence-corrected chi connectivity index (χ2v) is 9.32. The van der Waals surface area contributed by atoms with Crippen LogP contribution in [0.2, 0.25) is 5.02 Å². The highest BCUT2D eigenvalue weighted by Crippen LogP contribution is 2.53. The minimum Gasteiger partial charge on any atom is -0.354 e. The number of likely N-dealkylation sites (tertiary alicyclic amines) is 1. The van der Waals surface area contributed by atoms with E-state index in [2.05, 4.69) is 20.4 Å². The molecule has 12 heteroatoms. The summed E-state index contributed by atoms with van der Waals surface area (Å²) in [4.78, 5) is 24.3. The van der Waals surface area contributed by atoms with Crippen LogP contribution in [0.25, 0.3) is 0 Å². The molecule has 0 aliphatic carbocycles. The molecule has 31 heavy (non-hydrogen) atoms. The highest BCUT2D eigenvalue weighted by Gasteiger charge is 2.59. The third kappa shape index (κ3) is 4.15. The average molecular weight is 458 g/mol. The van der Waals surface area contributed by atoms with Crippen molar-refractivity contribution >= 4 is 35.0 Å². The van der Waals surface area contributed by atoms with Crippen molar-refractivity contribution in [3.05, 3.63) is 23.6 Å². The number of rotatable bonds is 4. The summed E-state index contributed by atoms with van der Waals surface area (Å²) in [6, 6.07) is 0. The number of carbonyl (C=O) groups excluding carboxylic acids is 1. The van der Waals surface area contributed by atoms with Crippen molar-refractivity contribution in [3.63, 3.8) is 0 Å². The van der Waals surface area contributed by atoms with Gasteiger partial charge in [0, 0.05) is 50.3 Å². The Kier molecular flexibility index (Phi) is 5.07. The van der Waals surface area contributed by atoms with Gasteiger partial charge in [0.25, 0.3) is 0 Å². The van der Waals surface area contributed by atoms with Gasteiger partial charge in [0.1, 0.15) is 11.4 Å². The lowest BCUT2D eigenvalue weighted by Gasteiger charge is -2.29. The van der Waals surface area contributed by atoms with E-state index < -0.39 is 18.5 Å². The largest absolute Gasteiger partial charge is 0.397 e. The Labute approximate surface area is 182 Å². The predicted octanol–water partition coefficient (Wildman–Crippen LogP) is 3.23. The van der Waals surface area contributed by atoms with Crippen molar-refractivity contribution in [1.29, 1.82) is 0 Å². The van der Waals surface area contributed by atoms with E-state index in [0.29, 0.717) is 29.9 Å². The van der Waals surface area contributed by atoms with Gasteiger partial charge < -0.3 is 15.1 Å². The normalized spacial score (nSPS) is 25.8. The molecular formula is C19H23ClF3N7O. The van der Waals surface area contributed by atoms with Crippen LogP contribution in [0.15, 0.2) is 18.6 Å². The molecule has 2 aliphatic rings. The number of amides is 1. The van der Waals surface area contributed by atoms with Crippen molar-refractivity contribution in [3.8, 4) is 0 Å². The third-order valence-corrected chi connectivity index (χ3v) is 6.57. The van der Waals surface area contributed by atoms with Crippen LogP contribution in [0.5, 0.6) is 0 Å². The van der Waals surface area contributed by atoms with Crippen LogP contribution in [0.1, 0.15) is 20.3 Å². The zero-order valence-electron chi connectivity index (χ0n) is 17.4. The second-order valence-electron chi connectivity index (χ2n) is 8.91. The lowest BCUT2D eigenvalue weighted by molar-refractivity contribution is -0.161. The molecule has 0 aromatic carbocycles. The molecule has 8 nitrogen and oxygen atoms in total. The molecule has 0 saturated carbocycles. The first-order valence-corrected chi connectivity index (χ1v) is 10.1. The highest BCUT2D eigenvalue weighted by atomic mass is 35.5. The summed E-state index contributed by atoms with van der Waals surface area (Å²) >= 11 is 6.38. The van der Waals surface area contributed by atoms with Gasteiger partial charge in [-0.05, 0) is 0 Å². The number of alkyl halides is 3. The van der Waals surface area contributed by atoms with E-state index in [1.165, 1.54) is 11.1 Å². The average Bonchev–Trinajstić information content (AvgIpc) is 3.23. The number of anilines is 3. The Morgan fingerprint density at radius 1 is 1.19 bits per heavy atom. The maximum Gasteiger partial charge on any atom is 0.397 e. The summed E-state index contributed by atoms with van der Waals surface area (Å²) in [6.45, 7) is 5.55. The summed E-state index contributed by atoms with van der Waals surface area (Å²) in [7, 11) is 1.80. The first-order valence-electron chi connectivity index (χ1n) is 9.75. The van der Waals surface area contributed by atoms with Crippen molar-refractivity contribution in [1.82, 2.24) is 24.6 Å². The number of nitrogens with zero attached hydrogens (tertiary/aromatic N) is 6. The zero-order valence-corrected chi connectivity index (χ0v) is 18.1. The van der Waals surface area contributed by atoms with E-state index in [-0.39, 0.29) is 23.9 Å². The van der Waals surface area contributed by atoms with Gasteiger partial charge in [-0.2, -0.15) is 23.3 Å². The topological polar surface area (TPSA) is 79.2 Å². The molecule has 4 heterocycles. The lowest BCUT2D eigenvalue weighted by atomic mass is 9.71. The Balaban J connectivity index is 1.51. The maximum absolute atomic E-state index is 12.7. The number of aromatic nitrogens is 4. The number of hydrogen-bond acceptors (Lipinski definition) is 6. The SMILES string of the molecule is Cn1cc(Nc2ncc(Cl)c(N3C[C@]4(C)CN(C(=O)CC(F)(F)F)C[C@]4(C)C3)n2)cn1. The van der Waals surface area contributed by atoms with Gasteiger partial charge in [0.2, 0.25) is 11.9 Å². The van der Waals surface area contributed by atoms with E-state index in [1.54, 1.807) is 24.1 Å². The molecule has 168 valence electrons. The summed E-state index contributed by atoms with van der Waals surface area (Å²) in [5.41, 5.74) is -0.0503. The molecule has 2 aliphatic heterocycles. The van der Waals surface area contributed by atoms with Crippen LogP contribution in [0.3, 0.4) is 0 Å². The highest BCUT2D eigenvalue weighted by molar-refractivity contribution is 6.32. The Morgan fingerprint density at radius 2 is 1.84 bits per heavy atom. The van der Waals surface area contributed by atoms with Gasteiger partial charge in [-0.3, -0.25) is 9.48 Å². The molecule has 2 aromatic rings. The molecule has 1 amide bonds. The van der Waals surface area contributed by atoms with Gasteiger partial charge in [-0.25, -0.2) is 4.98 Å². The van der Waals surface area contributed by atoms with Crippen molar-refractivity contribution < 1.29 is 18.0 Å². The smallest absolute Gasteiger partial charge is 0.354 e. The van der Waals surface area contributed by atoms with Crippen LogP contribution in [0, 0.1) is 10.8 Å². The molecule has 2 saturated heterocycles. The van der Waals surface area contributed by atoms with Crippen molar-refractivity contribution in [2.24, 2.45) is 17.9 Å². The Morgan fingerprint density at radius 3 is 2.39 bits per heavy atom. The zero-order chi connectivity index (χ0) is 22.6. The number of hydrogen-bond donors (Lipinski definition) is 1. The Hall–Kier alpha value is -2.56. The van der Waals surface area contributed by atoms with Crippen molar-refractivity contribution in [2.75, 3.05) is 36.4 Å². The first-order chi connectivity index (χ1) is 14.4. The van der Waals surface area contributed by atoms with Crippen LogP contribution in [-0.4, -0.2) is 62.9 Å². The van der Waals surface area contributed by atoms with E-state index in [4.69, 9.17) is 11.6 Å². The van der Waals surface area contributed by atoms with E-state index in [9.17, 15) is 18.0 Å². The van der Waals surface area contributed by atoms with E-state index in [1.807, 2.05) is 18.7 Å². The molecular weight excluding hydrogens is 435 g/mol. The van der Waals surface area contributed by atoms with Crippen LogP contribution in [0.4, 0.5) is 30.6 Å². The fourth-order valence-corrected chi connectivity index (χ4v) is 4.74. The van der Waals surface area contributed by atoms with E-state index in [0.717, 1.165) is 5.69 Å². The van der Waals surface area contributed by atoms with Crippen LogP contribution < -0.4 is 10.2 Å². The molecule has 2 aromatic heterocycles. The van der Waals surface area contributed by atoms with Gasteiger partial charge in [-0.15, -0.1) is 0 Å². The Bertz CT molecular complexity index is 993. The summed E-state index contributed by atoms with van der Waals surface area (Å²) < 4.78 is 39.7. The number of aryl methyl sites for hydroxylation is 1. The fourth-order valence-electron chi connectivity index (χ4n) is 4.52. The summed E-state index contributed by atoms with van der Waals surface area (Å²) in [6.07, 6.45) is -0.988. The molecule has 2 fully saturated rings. The van der Waals surface area contributed by atoms with Crippen LogP contribution in [-0.2, 0) is 11.8 Å². The number of fused-ring (bicyclic) bond motifs is 1. The fraction of sp³-hybridized carbons (Fsp3) is 0.579. The van der Waals surface area contributed by atoms with Gasteiger partial charge in [-0.1, -0.05) is 25.4 Å². The first kappa shape index (κ1) is 21.7. The number of nitrogens with one attached hydrogen (secondary N) is 1. The van der Waals surface area contributed by atoms with Gasteiger partial charge >= 0.3 is 6.18 Å². The molecule has 0 radical (unpaired) electrons. The quantitative estimate of drug-likeness (QED) is 0.759. The molecule has 0 unspecified atom stereocenters. The number of halogens is 4. The van der Waals surface area contributed by atoms with Gasteiger partial charge in [0.05, 0.1) is 18.1 Å². The lowest BCUT2D eigenvalue weighted by Crippen LogP contribution is -2.37. The third-order valence-electron chi connectivity index (χ3n) is 6.31. The minimum atomic E-state index is -4.51. The number of carbonyl (C=O) groups is 1. The molecule has 0 spiro atoms. The second kappa shape index (κ2) is 7.25. The molecule has 2 atom stereocenters. The van der Waals surface area contributed by atoms with Crippen molar-refractivity contribution in [2.45, 2.75) is 26.4 Å². The minimum absolute atomic E-state index is 0.262. The molecule has 1 N–H and O–H groups in total. The standard InChI is InChI=1S/C19H23ClF3N7O/c1-17-8-29(14(31)4-19(21,22)23)9-18(17,2)11-30(10-17)15-13(20)6-24-16(27-15)26-12-5-25-28(3)7-12/h5-7H,4,8-11H2,1-3H3,(H,24,26,27)/t17-,18+. The molecule has 4 rings (SSSR count). The van der Waals surface area contributed by atoms with Gasteiger partial charge in [0.15, 0.2) is 5.82 Å². The molecule has 0 bridgehead atoms. The van der Waals surface area contributed by atoms with Crippen LogP contribution >= 0.6 is 11.6 Å². The van der Waals surface area contributed by atoms with E-state index >= 15 is 0 Å².